The van der Waals surface area contributed by atoms with E-state index in [4.69, 9.17) is 4.74 Å². The number of nitrogens with zero attached hydrogens (tertiary/aromatic N) is 3. The van der Waals surface area contributed by atoms with Crippen LogP contribution in [-0.2, 0) is 50.6 Å². The molecule has 47 heavy (non-hydrogen) atoms. The van der Waals surface area contributed by atoms with Gasteiger partial charge in [0.25, 0.3) is 0 Å². The highest BCUT2D eigenvalue weighted by Crippen LogP contribution is 2.34. The summed E-state index contributed by atoms with van der Waals surface area (Å²) in [6.45, 7) is 5.17. The molecule has 9 nitrogen and oxygen atoms in total. The summed E-state index contributed by atoms with van der Waals surface area (Å²) < 4.78 is 85.1. The van der Waals surface area contributed by atoms with Crippen LogP contribution in [0.15, 0.2) is 40.9 Å². The topological polar surface area (TPSA) is 105 Å². The van der Waals surface area contributed by atoms with Gasteiger partial charge in [0, 0.05) is 35.1 Å². The lowest BCUT2D eigenvalue weighted by atomic mass is 9.83. The van der Waals surface area contributed by atoms with Gasteiger partial charge in [0.15, 0.2) is 0 Å². The summed E-state index contributed by atoms with van der Waals surface area (Å²) in [5.74, 6) is -4.27. The molecule has 0 amide bonds. The number of anilines is 1. The first-order chi connectivity index (χ1) is 21.9. The number of aryl methyl sites for hydroxylation is 1. The minimum atomic E-state index is -5.39. The molecule has 1 atom stereocenters. The lowest BCUT2D eigenvalue weighted by Gasteiger charge is -2.23. The lowest BCUT2D eigenvalue weighted by molar-refractivity contribution is -0.286. The van der Waals surface area contributed by atoms with Gasteiger partial charge in [-0.05, 0) is 59.6 Å². The number of rotatable bonds is 10. The van der Waals surface area contributed by atoms with E-state index in [1.165, 1.54) is 6.07 Å². The summed E-state index contributed by atoms with van der Waals surface area (Å²) in [4.78, 5) is 36.0. The smallest absolute Gasteiger partial charge is 0.477 e. The van der Waals surface area contributed by atoms with Crippen molar-refractivity contribution in [3.8, 4) is 5.88 Å². The van der Waals surface area contributed by atoms with Crippen LogP contribution < -0.4 is 10.1 Å². The van der Waals surface area contributed by atoms with Crippen molar-refractivity contribution in [1.29, 1.82) is 0 Å². The molecule has 1 unspecified atom stereocenters. The van der Waals surface area contributed by atoms with E-state index in [-0.39, 0.29) is 30.0 Å². The van der Waals surface area contributed by atoms with Gasteiger partial charge in [0.2, 0.25) is 5.88 Å². The van der Waals surface area contributed by atoms with Crippen molar-refractivity contribution in [2.75, 3.05) is 18.5 Å². The van der Waals surface area contributed by atoms with Crippen LogP contribution in [0.2, 0.25) is 0 Å². The van der Waals surface area contributed by atoms with Gasteiger partial charge in [-0.1, -0.05) is 48.8 Å². The number of carbonyl (C=O) groups is 2. The maximum Gasteiger partial charge on any atom is 0.495 e. The second kappa shape index (κ2) is 14.5. The molecule has 1 aliphatic rings. The van der Waals surface area contributed by atoms with Gasteiger partial charge in [0.05, 0.1) is 18.7 Å². The Bertz CT molecular complexity index is 1590. The van der Waals surface area contributed by atoms with Crippen molar-refractivity contribution < 1.29 is 50.4 Å². The Kier molecular flexibility index (Phi) is 11.1. The Morgan fingerprint density at radius 3 is 2.45 bits per heavy atom. The van der Waals surface area contributed by atoms with Crippen LogP contribution in [0.3, 0.4) is 0 Å². The fourth-order valence-electron chi connectivity index (χ4n) is 4.93. The molecule has 0 bridgehead atoms. The average Bonchev–Trinajstić information content (AvgIpc) is 3.33. The number of alkyl halides is 6. The number of ether oxygens (including phenoxy) is 1. The lowest BCUT2D eigenvalue weighted by Crippen LogP contribution is -2.27. The predicted octanol–water partition coefficient (Wildman–Crippen LogP) is 7.16. The molecule has 2 aromatic heterocycles. The first-order valence-electron chi connectivity index (χ1n) is 14.7. The average molecular weight is 736 g/mol. The van der Waals surface area contributed by atoms with E-state index < -0.39 is 43.2 Å². The Morgan fingerprint density at radius 1 is 1.02 bits per heavy atom. The highest BCUT2D eigenvalue weighted by atomic mass is 79.9. The molecule has 0 radical (unpaired) electrons. The molecule has 0 aliphatic carbocycles. The number of aromatic nitrogens is 3. The molecule has 0 saturated carbocycles. The van der Waals surface area contributed by atoms with Crippen LogP contribution in [0.1, 0.15) is 67.6 Å². The minimum Gasteiger partial charge on any atom is -0.477 e. The van der Waals surface area contributed by atoms with Crippen molar-refractivity contribution in [3.63, 3.8) is 0 Å². The van der Waals surface area contributed by atoms with Crippen LogP contribution in [-0.4, -0.2) is 52.2 Å². The zero-order valence-corrected chi connectivity index (χ0v) is 27.3. The maximum absolute atomic E-state index is 13.5. The summed E-state index contributed by atoms with van der Waals surface area (Å²) >= 11 is 3.43. The van der Waals surface area contributed by atoms with E-state index in [0.29, 0.717) is 26.8 Å². The third-order valence-corrected chi connectivity index (χ3v) is 7.71. The largest absolute Gasteiger partial charge is 0.495 e. The molecule has 4 rings (SSSR count). The van der Waals surface area contributed by atoms with Crippen molar-refractivity contribution in [2.45, 2.75) is 83.1 Å². The zero-order chi connectivity index (χ0) is 34.6. The molecule has 0 spiro atoms. The summed E-state index contributed by atoms with van der Waals surface area (Å²) in [5.41, 5.74) is 2.89. The molecule has 16 heteroatoms. The number of benzene rings is 1. The van der Waals surface area contributed by atoms with Gasteiger partial charge >= 0.3 is 24.3 Å². The van der Waals surface area contributed by atoms with E-state index >= 15 is 0 Å². The summed E-state index contributed by atoms with van der Waals surface area (Å²) in [7, 11) is 0. The number of fused-ring (bicyclic) bond motifs is 1. The second-order valence-electron chi connectivity index (χ2n) is 12.1. The normalized spacial score (nSPS) is 14.2. The zero-order valence-electron chi connectivity index (χ0n) is 25.7. The van der Waals surface area contributed by atoms with Gasteiger partial charge in [-0.15, -0.1) is 0 Å². The van der Waals surface area contributed by atoms with E-state index in [9.17, 15) is 35.9 Å². The van der Waals surface area contributed by atoms with E-state index in [2.05, 4.69) is 41.1 Å². The SMILES string of the molecule is CC(C)(C)c1cc(Br)cc(C(CC(=O)OOC(=O)C(F)(F)F)Cc2cc(OCCc3ccc4c(n3)NCCC4)n(CC(F)(F)F)n2)c1. The Balaban J connectivity index is 1.57. The van der Waals surface area contributed by atoms with Crippen LogP contribution in [0, 0.1) is 0 Å². The molecule has 0 saturated heterocycles. The Labute approximate surface area is 275 Å². The van der Waals surface area contributed by atoms with Crippen molar-refractivity contribution in [1.82, 2.24) is 14.8 Å². The van der Waals surface area contributed by atoms with Crippen molar-refractivity contribution in [2.24, 2.45) is 0 Å². The molecule has 1 aromatic carbocycles. The number of pyridine rings is 1. The highest BCUT2D eigenvalue weighted by Gasteiger charge is 2.43. The van der Waals surface area contributed by atoms with Crippen molar-refractivity contribution >= 4 is 33.7 Å². The van der Waals surface area contributed by atoms with Crippen LogP contribution in [0.4, 0.5) is 32.2 Å². The number of hydrogen-bond acceptors (Lipinski definition) is 8. The van der Waals surface area contributed by atoms with Gasteiger partial charge in [-0.25, -0.2) is 29.0 Å². The summed E-state index contributed by atoms with van der Waals surface area (Å²) in [6.07, 6.45) is -8.55. The first kappa shape index (κ1) is 36.0. The van der Waals surface area contributed by atoms with Gasteiger partial charge in [-0.3, -0.25) is 0 Å². The molecule has 3 heterocycles. The molecule has 256 valence electrons. The third kappa shape index (κ3) is 10.6. The van der Waals surface area contributed by atoms with Crippen LogP contribution >= 0.6 is 15.9 Å². The molecular weight excluding hydrogens is 702 g/mol. The van der Waals surface area contributed by atoms with E-state index in [1.807, 2.05) is 39.0 Å². The maximum atomic E-state index is 13.5. The first-order valence-corrected chi connectivity index (χ1v) is 15.4. The Hall–Kier alpha value is -3.82. The fraction of sp³-hybridized carbons (Fsp3) is 0.484. The third-order valence-electron chi connectivity index (χ3n) is 7.25. The standard InChI is InChI=1S/C31H33BrF6N4O5/c1-29(2,3)21-11-19(12-22(32)15-21)20(14-26(43)46-47-28(44)31(36,37)38)13-24-16-25(42(41-24)17-30(33,34)35)45-10-8-23-7-6-18-5-4-9-39-27(18)40-23/h6-7,11-12,15-16,20H,4-5,8-10,13-14,17H2,1-3H3,(H,39,40). The summed E-state index contributed by atoms with van der Waals surface area (Å²) in [6, 6.07) is 10.4. The van der Waals surface area contributed by atoms with Crippen LogP contribution in [0.5, 0.6) is 5.88 Å². The molecular formula is C31H33BrF6N4O5. The predicted molar refractivity (Wildman–Crippen MR) is 161 cm³/mol. The summed E-state index contributed by atoms with van der Waals surface area (Å²) in [5, 5.41) is 7.33. The fourth-order valence-corrected chi connectivity index (χ4v) is 5.44. The second-order valence-corrected chi connectivity index (χ2v) is 13.1. The number of nitrogens with one attached hydrogen (secondary N) is 1. The van der Waals surface area contributed by atoms with Gasteiger partial charge in [-0.2, -0.15) is 31.4 Å². The number of halogens is 7. The van der Waals surface area contributed by atoms with E-state index in [1.54, 1.807) is 12.1 Å². The Morgan fingerprint density at radius 2 is 1.77 bits per heavy atom. The van der Waals surface area contributed by atoms with E-state index in [0.717, 1.165) is 36.3 Å². The molecule has 3 aromatic rings. The van der Waals surface area contributed by atoms with Crippen molar-refractivity contribution in [3.05, 3.63) is 68.9 Å². The molecule has 1 aliphatic heterocycles. The van der Waals surface area contributed by atoms with Gasteiger partial charge < -0.3 is 10.1 Å². The molecule has 0 fully saturated rings. The van der Waals surface area contributed by atoms with Gasteiger partial charge in [0.1, 0.15) is 12.4 Å². The quantitative estimate of drug-likeness (QED) is 0.133. The number of hydrogen-bond donors (Lipinski definition) is 1. The van der Waals surface area contributed by atoms with Crippen LogP contribution in [0.25, 0.3) is 0 Å². The monoisotopic (exact) mass is 734 g/mol. The minimum absolute atomic E-state index is 0.00429. The highest BCUT2D eigenvalue weighted by molar-refractivity contribution is 9.10. The molecule has 1 N–H and O–H groups in total. The number of carbonyl (C=O) groups excluding carboxylic acids is 2.